The van der Waals surface area contributed by atoms with Crippen LogP contribution in [0.4, 0.5) is 0 Å². The van der Waals surface area contributed by atoms with Gasteiger partial charge in [0, 0.05) is 0 Å². The van der Waals surface area contributed by atoms with Gasteiger partial charge in [0.05, 0.1) is 0 Å². The van der Waals surface area contributed by atoms with Crippen molar-refractivity contribution >= 4 is 0 Å². The van der Waals surface area contributed by atoms with Crippen LogP contribution in [0.2, 0.25) is 0 Å². The standard InChI is InChI=1S/C32H50/c1-12-25(19-30-26(21(2)3)15-13-16-27(30)22(4)5)20-32(10,11)31-28(23(6)7)17-14-18-29(31)24(8)9/h13-18,21-25H,12,19-20H2,1-11H3. The molecule has 2 aromatic carbocycles. The average Bonchev–Trinajstić information content (AvgIpc) is 2.72. The Kier molecular flexibility index (Phi) is 9.21. The van der Waals surface area contributed by atoms with Crippen LogP contribution < -0.4 is 0 Å². The van der Waals surface area contributed by atoms with E-state index in [9.17, 15) is 0 Å². The molecule has 0 aromatic heterocycles. The van der Waals surface area contributed by atoms with Gasteiger partial charge >= 0.3 is 0 Å². The van der Waals surface area contributed by atoms with Crippen molar-refractivity contribution in [3.8, 4) is 0 Å². The molecule has 0 amide bonds. The van der Waals surface area contributed by atoms with Gasteiger partial charge < -0.3 is 0 Å². The molecule has 0 fully saturated rings. The first-order chi connectivity index (χ1) is 14.9. The molecule has 1 atom stereocenters. The van der Waals surface area contributed by atoms with E-state index in [0.29, 0.717) is 29.6 Å². The topological polar surface area (TPSA) is 0 Å². The van der Waals surface area contributed by atoms with E-state index in [1.54, 1.807) is 33.4 Å². The van der Waals surface area contributed by atoms with Gasteiger partial charge in [-0.2, -0.15) is 0 Å². The van der Waals surface area contributed by atoms with Crippen molar-refractivity contribution in [2.45, 2.75) is 125 Å². The van der Waals surface area contributed by atoms with Crippen LogP contribution in [0, 0.1) is 5.92 Å². The Labute approximate surface area is 200 Å². The average molecular weight is 435 g/mol. The lowest BCUT2D eigenvalue weighted by molar-refractivity contribution is 0.343. The zero-order valence-corrected chi connectivity index (χ0v) is 23.0. The largest absolute Gasteiger partial charge is 0.0651 e. The van der Waals surface area contributed by atoms with Gasteiger partial charge in [-0.3, -0.25) is 0 Å². The summed E-state index contributed by atoms with van der Waals surface area (Å²) in [5, 5.41) is 0. The molecular formula is C32H50. The molecule has 2 aromatic rings. The first-order valence-electron chi connectivity index (χ1n) is 13.2. The van der Waals surface area contributed by atoms with E-state index in [1.165, 1.54) is 19.3 Å². The summed E-state index contributed by atoms with van der Waals surface area (Å²) in [6, 6.07) is 14.0. The highest BCUT2D eigenvalue weighted by Crippen LogP contribution is 2.42. The predicted octanol–water partition coefficient (Wildman–Crippen LogP) is 10.1. The third-order valence-corrected chi connectivity index (χ3v) is 7.41. The van der Waals surface area contributed by atoms with Crippen LogP contribution in [0.5, 0.6) is 0 Å². The molecule has 0 radical (unpaired) electrons. The van der Waals surface area contributed by atoms with Gasteiger partial charge in [-0.05, 0) is 81.2 Å². The van der Waals surface area contributed by atoms with Gasteiger partial charge in [-0.1, -0.05) is 119 Å². The Morgan fingerprint density at radius 2 is 1.00 bits per heavy atom. The Hall–Kier alpha value is -1.56. The predicted molar refractivity (Wildman–Crippen MR) is 144 cm³/mol. The van der Waals surface area contributed by atoms with Gasteiger partial charge in [0.2, 0.25) is 0 Å². The molecule has 0 aliphatic carbocycles. The minimum absolute atomic E-state index is 0.159. The molecule has 0 heteroatoms. The van der Waals surface area contributed by atoms with E-state index in [1.807, 2.05) is 0 Å². The molecule has 0 nitrogen and oxygen atoms in total. The smallest absolute Gasteiger partial charge is 0.00951 e. The Balaban J connectivity index is 2.49. The van der Waals surface area contributed by atoms with Crippen LogP contribution >= 0.6 is 0 Å². The summed E-state index contributed by atoms with van der Waals surface area (Å²) in [7, 11) is 0. The van der Waals surface area contributed by atoms with E-state index >= 15 is 0 Å². The van der Waals surface area contributed by atoms with E-state index in [4.69, 9.17) is 0 Å². The van der Waals surface area contributed by atoms with E-state index < -0.39 is 0 Å². The third kappa shape index (κ3) is 6.06. The quantitative estimate of drug-likeness (QED) is 0.349. The lowest BCUT2D eigenvalue weighted by Gasteiger charge is -2.36. The summed E-state index contributed by atoms with van der Waals surface area (Å²) in [5.41, 5.74) is 9.59. The van der Waals surface area contributed by atoms with Crippen molar-refractivity contribution in [3.05, 3.63) is 69.8 Å². The zero-order chi connectivity index (χ0) is 24.2. The number of rotatable bonds is 10. The SMILES string of the molecule is CCC(Cc1c(C(C)C)cccc1C(C)C)CC(C)(C)c1c(C(C)C)cccc1C(C)C. The van der Waals surface area contributed by atoms with Gasteiger partial charge in [0.1, 0.15) is 0 Å². The molecule has 0 aliphatic rings. The summed E-state index contributed by atoms with van der Waals surface area (Å²) >= 11 is 0. The van der Waals surface area contributed by atoms with Crippen molar-refractivity contribution in [2.75, 3.05) is 0 Å². The molecule has 0 spiro atoms. The zero-order valence-electron chi connectivity index (χ0n) is 23.0. The molecule has 32 heavy (non-hydrogen) atoms. The molecular weight excluding hydrogens is 384 g/mol. The van der Waals surface area contributed by atoms with Crippen LogP contribution in [0.15, 0.2) is 36.4 Å². The van der Waals surface area contributed by atoms with Crippen LogP contribution in [0.25, 0.3) is 0 Å². The van der Waals surface area contributed by atoms with Crippen molar-refractivity contribution in [1.82, 2.24) is 0 Å². The minimum atomic E-state index is 0.159. The molecule has 0 heterocycles. The van der Waals surface area contributed by atoms with Crippen LogP contribution in [0.3, 0.4) is 0 Å². The highest BCUT2D eigenvalue weighted by molar-refractivity contribution is 5.44. The normalized spacial score (nSPS) is 13.6. The van der Waals surface area contributed by atoms with E-state index in [0.717, 1.165) is 0 Å². The minimum Gasteiger partial charge on any atom is -0.0651 e. The summed E-state index contributed by atoms with van der Waals surface area (Å²) in [6.07, 6.45) is 3.66. The van der Waals surface area contributed by atoms with Crippen LogP contribution in [-0.4, -0.2) is 0 Å². The monoisotopic (exact) mass is 434 g/mol. The summed E-state index contributed by atoms with van der Waals surface area (Å²) in [4.78, 5) is 0. The van der Waals surface area contributed by atoms with Crippen molar-refractivity contribution in [2.24, 2.45) is 5.92 Å². The van der Waals surface area contributed by atoms with Gasteiger partial charge in [0.25, 0.3) is 0 Å². The Morgan fingerprint density at radius 3 is 1.34 bits per heavy atom. The summed E-state index contributed by atoms with van der Waals surface area (Å²) in [5.74, 6) is 2.93. The van der Waals surface area contributed by atoms with E-state index in [-0.39, 0.29) is 5.41 Å². The van der Waals surface area contributed by atoms with Crippen molar-refractivity contribution < 1.29 is 0 Å². The maximum atomic E-state index is 2.50. The summed E-state index contributed by atoms with van der Waals surface area (Å²) in [6.45, 7) is 26.2. The summed E-state index contributed by atoms with van der Waals surface area (Å²) < 4.78 is 0. The lowest BCUT2D eigenvalue weighted by Crippen LogP contribution is -2.27. The molecule has 0 aliphatic heterocycles. The second-order valence-electron chi connectivity index (χ2n) is 11.9. The fraction of sp³-hybridized carbons (Fsp3) is 0.625. The third-order valence-electron chi connectivity index (χ3n) is 7.41. The first-order valence-corrected chi connectivity index (χ1v) is 13.2. The second kappa shape index (κ2) is 11.0. The Morgan fingerprint density at radius 1 is 0.625 bits per heavy atom. The first kappa shape index (κ1) is 26.7. The van der Waals surface area contributed by atoms with Crippen LogP contribution in [0.1, 0.15) is 146 Å². The number of hydrogen-bond acceptors (Lipinski definition) is 0. The number of hydrogen-bond donors (Lipinski definition) is 0. The van der Waals surface area contributed by atoms with Gasteiger partial charge in [0.15, 0.2) is 0 Å². The molecule has 0 saturated carbocycles. The van der Waals surface area contributed by atoms with Crippen LogP contribution in [-0.2, 0) is 11.8 Å². The van der Waals surface area contributed by atoms with Crippen molar-refractivity contribution in [3.63, 3.8) is 0 Å². The molecule has 0 saturated heterocycles. The van der Waals surface area contributed by atoms with E-state index in [2.05, 4.69) is 113 Å². The highest BCUT2D eigenvalue weighted by Gasteiger charge is 2.31. The second-order valence-corrected chi connectivity index (χ2v) is 11.9. The molecule has 0 N–H and O–H groups in total. The highest BCUT2D eigenvalue weighted by atomic mass is 14.4. The molecule has 0 bridgehead atoms. The molecule has 1 unspecified atom stereocenters. The molecule has 2 rings (SSSR count). The molecule has 178 valence electrons. The van der Waals surface area contributed by atoms with Gasteiger partial charge in [-0.25, -0.2) is 0 Å². The maximum absolute atomic E-state index is 2.50. The fourth-order valence-corrected chi connectivity index (χ4v) is 5.75. The van der Waals surface area contributed by atoms with Crippen molar-refractivity contribution in [1.29, 1.82) is 0 Å². The number of benzene rings is 2. The maximum Gasteiger partial charge on any atom is -0.00951 e. The Bertz CT molecular complexity index is 811. The lowest BCUT2D eigenvalue weighted by atomic mass is 9.68. The van der Waals surface area contributed by atoms with Gasteiger partial charge in [-0.15, -0.1) is 0 Å². The fourth-order valence-electron chi connectivity index (χ4n) is 5.75.